The molecule has 1 fully saturated rings. The van der Waals surface area contributed by atoms with Crippen LogP contribution in [0.25, 0.3) is 11.4 Å². The predicted molar refractivity (Wildman–Crippen MR) is 116 cm³/mol. The molecule has 1 saturated heterocycles. The normalized spacial score (nSPS) is 14.9. The Balaban J connectivity index is 1.32. The van der Waals surface area contributed by atoms with Crippen LogP contribution in [0.2, 0.25) is 10.0 Å². The van der Waals surface area contributed by atoms with Gasteiger partial charge in [-0.25, -0.2) is 4.98 Å². The van der Waals surface area contributed by atoms with Crippen LogP contribution >= 0.6 is 23.2 Å². The van der Waals surface area contributed by atoms with E-state index in [9.17, 15) is 4.79 Å². The van der Waals surface area contributed by atoms with Gasteiger partial charge in [0, 0.05) is 62.2 Å². The number of nitrogens with zero attached hydrogens (tertiary/aromatic N) is 4. The minimum absolute atomic E-state index is 0.0349. The summed E-state index contributed by atoms with van der Waals surface area (Å²) in [6.45, 7) is 4.83. The fourth-order valence-electron chi connectivity index (χ4n) is 3.59. The molecule has 1 aliphatic heterocycles. The number of aromatic nitrogens is 2. The van der Waals surface area contributed by atoms with Crippen LogP contribution in [0.15, 0.2) is 60.9 Å². The minimum Gasteiger partial charge on any atom is -0.336 e. The second-order valence-electron chi connectivity index (χ2n) is 7.07. The van der Waals surface area contributed by atoms with E-state index in [0.717, 1.165) is 37.6 Å². The molecule has 2 heterocycles. The Labute approximate surface area is 180 Å². The highest BCUT2D eigenvalue weighted by Gasteiger charge is 2.23. The average Bonchev–Trinajstić information content (AvgIpc) is 3.21. The molecule has 1 aliphatic rings. The van der Waals surface area contributed by atoms with Crippen LogP contribution in [-0.4, -0.2) is 58.0 Å². The largest absolute Gasteiger partial charge is 0.336 e. The molecule has 0 radical (unpaired) electrons. The summed E-state index contributed by atoms with van der Waals surface area (Å²) in [6.07, 6.45) is 3.86. The molecule has 5 nitrogen and oxygen atoms in total. The molecule has 4 rings (SSSR count). The summed E-state index contributed by atoms with van der Waals surface area (Å²) in [6, 6.07) is 15.2. The van der Waals surface area contributed by atoms with E-state index >= 15 is 0 Å². The van der Waals surface area contributed by atoms with E-state index in [2.05, 4.69) is 26.6 Å². The highest BCUT2D eigenvalue weighted by Crippen LogP contribution is 2.23. The van der Waals surface area contributed by atoms with Crippen LogP contribution < -0.4 is 0 Å². The Hall–Kier alpha value is -2.34. The molecule has 0 bridgehead atoms. The van der Waals surface area contributed by atoms with E-state index in [1.54, 1.807) is 18.2 Å². The molecule has 1 amide bonds. The SMILES string of the molecule is O=C(c1ccc(Cl)cc1Cl)N1CCN(CCn2ccnc2-c2ccccc2)CC1. The van der Waals surface area contributed by atoms with Gasteiger partial charge in [-0.2, -0.15) is 0 Å². The van der Waals surface area contributed by atoms with Crippen LogP contribution in [0.4, 0.5) is 0 Å². The van der Waals surface area contributed by atoms with Gasteiger partial charge in [-0.15, -0.1) is 0 Å². The molecule has 3 aromatic rings. The van der Waals surface area contributed by atoms with Gasteiger partial charge in [0.05, 0.1) is 10.6 Å². The first-order valence-electron chi connectivity index (χ1n) is 9.65. The molecule has 150 valence electrons. The lowest BCUT2D eigenvalue weighted by Crippen LogP contribution is -2.49. The molecule has 0 saturated carbocycles. The maximum absolute atomic E-state index is 12.8. The zero-order valence-corrected chi connectivity index (χ0v) is 17.5. The summed E-state index contributed by atoms with van der Waals surface area (Å²) in [5.41, 5.74) is 1.63. The first kappa shape index (κ1) is 20.0. The predicted octanol–water partition coefficient (Wildman–Crippen LogP) is 4.31. The Kier molecular flexibility index (Phi) is 6.19. The number of halogens is 2. The molecule has 0 N–H and O–H groups in total. The second kappa shape index (κ2) is 8.99. The van der Waals surface area contributed by atoms with E-state index in [1.165, 1.54) is 0 Å². The minimum atomic E-state index is -0.0349. The van der Waals surface area contributed by atoms with Crippen molar-refractivity contribution in [1.82, 2.24) is 19.4 Å². The number of hydrogen-bond acceptors (Lipinski definition) is 3. The number of imidazole rings is 1. The summed E-state index contributed by atoms with van der Waals surface area (Å²) in [7, 11) is 0. The molecule has 0 unspecified atom stereocenters. The third kappa shape index (κ3) is 4.64. The Bertz CT molecular complexity index is 981. The summed E-state index contributed by atoms with van der Waals surface area (Å²) < 4.78 is 2.18. The summed E-state index contributed by atoms with van der Waals surface area (Å²) >= 11 is 12.1. The Morgan fingerprint density at radius 2 is 1.72 bits per heavy atom. The summed E-state index contributed by atoms with van der Waals surface area (Å²) in [5.74, 6) is 0.948. The fraction of sp³-hybridized carbons (Fsp3) is 0.273. The van der Waals surface area contributed by atoms with Crippen LogP contribution in [0.3, 0.4) is 0 Å². The van der Waals surface area contributed by atoms with Crippen molar-refractivity contribution < 1.29 is 4.79 Å². The van der Waals surface area contributed by atoms with E-state index in [4.69, 9.17) is 23.2 Å². The first-order valence-corrected chi connectivity index (χ1v) is 10.4. The highest BCUT2D eigenvalue weighted by atomic mass is 35.5. The quantitative estimate of drug-likeness (QED) is 0.607. The standard InChI is InChI=1S/C22H22Cl2N4O/c23-18-6-7-19(20(24)16-18)22(29)28-14-11-26(12-15-28)10-13-27-9-8-25-21(27)17-4-2-1-3-5-17/h1-9,16H,10-15H2. The third-order valence-electron chi connectivity index (χ3n) is 5.23. The number of amides is 1. The Morgan fingerprint density at radius 3 is 2.45 bits per heavy atom. The van der Waals surface area contributed by atoms with Crippen molar-refractivity contribution in [3.05, 3.63) is 76.5 Å². The maximum Gasteiger partial charge on any atom is 0.255 e. The van der Waals surface area contributed by atoms with Gasteiger partial charge in [0.2, 0.25) is 0 Å². The molecule has 29 heavy (non-hydrogen) atoms. The lowest BCUT2D eigenvalue weighted by Gasteiger charge is -2.35. The number of carbonyl (C=O) groups excluding carboxylic acids is 1. The van der Waals surface area contributed by atoms with Gasteiger partial charge in [-0.1, -0.05) is 53.5 Å². The zero-order chi connectivity index (χ0) is 20.2. The van der Waals surface area contributed by atoms with Crippen molar-refractivity contribution in [3.63, 3.8) is 0 Å². The molecular weight excluding hydrogens is 407 g/mol. The average molecular weight is 429 g/mol. The van der Waals surface area contributed by atoms with Gasteiger partial charge >= 0.3 is 0 Å². The van der Waals surface area contributed by atoms with Crippen LogP contribution in [0.1, 0.15) is 10.4 Å². The Morgan fingerprint density at radius 1 is 0.966 bits per heavy atom. The third-order valence-corrected chi connectivity index (χ3v) is 5.77. The molecule has 1 aromatic heterocycles. The second-order valence-corrected chi connectivity index (χ2v) is 7.91. The van der Waals surface area contributed by atoms with Crippen LogP contribution in [0.5, 0.6) is 0 Å². The van der Waals surface area contributed by atoms with Gasteiger partial charge in [-0.05, 0) is 18.2 Å². The van der Waals surface area contributed by atoms with Gasteiger partial charge in [-0.3, -0.25) is 9.69 Å². The highest BCUT2D eigenvalue weighted by molar-refractivity contribution is 6.36. The lowest BCUT2D eigenvalue weighted by atomic mass is 10.1. The van der Waals surface area contributed by atoms with E-state index < -0.39 is 0 Å². The topological polar surface area (TPSA) is 41.4 Å². The van der Waals surface area contributed by atoms with E-state index in [0.29, 0.717) is 28.7 Å². The molecule has 7 heteroatoms. The van der Waals surface area contributed by atoms with Crippen molar-refractivity contribution in [3.8, 4) is 11.4 Å². The van der Waals surface area contributed by atoms with Crippen LogP contribution in [-0.2, 0) is 6.54 Å². The number of carbonyl (C=O) groups is 1. The van der Waals surface area contributed by atoms with Gasteiger partial charge in [0.25, 0.3) is 5.91 Å². The molecule has 0 atom stereocenters. The van der Waals surface area contributed by atoms with E-state index in [-0.39, 0.29) is 5.91 Å². The summed E-state index contributed by atoms with van der Waals surface area (Å²) in [5, 5.41) is 0.934. The van der Waals surface area contributed by atoms with E-state index in [1.807, 2.05) is 35.5 Å². The van der Waals surface area contributed by atoms with Crippen molar-refractivity contribution in [2.24, 2.45) is 0 Å². The van der Waals surface area contributed by atoms with Crippen molar-refractivity contribution in [1.29, 1.82) is 0 Å². The first-order chi connectivity index (χ1) is 14.1. The van der Waals surface area contributed by atoms with Crippen molar-refractivity contribution in [2.45, 2.75) is 6.54 Å². The zero-order valence-electron chi connectivity index (χ0n) is 16.0. The monoisotopic (exact) mass is 428 g/mol. The molecule has 0 spiro atoms. The van der Waals surface area contributed by atoms with Gasteiger partial charge < -0.3 is 9.47 Å². The summed E-state index contributed by atoms with van der Waals surface area (Å²) in [4.78, 5) is 21.5. The number of benzene rings is 2. The number of rotatable bonds is 5. The van der Waals surface area contributed by atoms with Crippen LogP contribution in [0, 0.1) is 0 Å². The molecular formula is C22H22Cl2N4O. The van der Waals surface area contributed by atoms with Crippen molar-refractivity contribution in [2.75, 3.05) is 32.7 Å². The molecule has 2 aromatic carbocycles. The fourth-order valence-corrected chi connectivity index (χ4v) is 4.08. The smallest absolute Gasteiger partial charge is 0.255 e. The van der Waals surface area contributed by atoms with Gasteiger partial charge in [0.1, 0.15) is 5.82 Å². The lowest BCUT2D eigenvalue weighted by molar-refractivity contribution is 0.0633. The van der Waals surface area contributed by atoms with Gasteiger partial charge in [0.15, 0.2) is 0 Å². The number of piperazine rings is 1. The maximum atomic E-state index is 12.8. The van der Waals surface area contributed by atoms with Crippen molar-refractivity contribution >= 4 is 29.1 Å². The number of hydrogen-bond donors (Lipinski definition) is 0. The molecule has 0 aliphatic carbocycles.